The molecule has 0 aliphatic carbocycles. The molecule has 4 nitrogen and oxygen atoms in total. The van der Waals surface area contributed by atoms with Crippen LogP contribution in [0.1, 0.15) is 0 Å². The fourth-order valence-corrected chi connectivity index (χ4v) is 1.08. The van der Waals surface area contributed by atoms with E-state index >= 15 is 0 Å². The van der Waals surface area contributed by atoms with Crippen LogP contribution in [-0.2, 0) is 4.74 Å². The van der Waals surface area contributed by atoms with Gasteiger partial charge in [-0.1, -0.05) is 0 Å². The Morgan fingerprint density at radius 3 is 2.00 bits per heavy atom. The summed E-state index contributed by atoms with van der Waals surface area (Å²) in [6.45, 7) is -1.38. The zero-order chi connectivity index (χ0) is 11.1. The topological polar surface area (TPSA) is 69.9 Å². The second-order valence-electron chi connectivity index (χ2n) is 2.89. The van der Waals surface area contributed by atoms with Crippen molar-refractivity contribution in [3.63, 3.8) is 0 Å². The SMILES string of the molecule is OC[C@H]1O[C@@H](O)[C@@H](O)C(F)(F)C1(F)F. The van der Waals surface area contributed by atoms with Gasteiger partial charge in [0.2, 0.25) is 0 Å². The predicted molar refractivity (Wildman–Crippen MR) is 33.9 cm³/mol. The summed E-state index contributed by atoms with van der Waals surface area (Å²) in [5, 5.41) is 25.5. The summed E-state index contributed by atoms with van der Waals surface area (Å²) in [5.41, 5.74) is 0. The summed E-state index contributed by atoms with van der Waals surface area (Å²) in [4.78, 5) is 0. The summed E-state index contributed by atoms with van der Waals surface area (Å²) < 4.78 is 54.9. The molecule has 1 aliphatic rings. The van der Waals surface area contributed by atoms with Crippen molar-refractivity contribution in [2.45, 2.75) is 30.3 Å². The van der Waals surface area contributed by atoms with E-state index in [1.54, 1.807) is 0 Å². The van der Waals surface area contributed by atoms with Crippen molar-refractivity contribution in [2.24, 2.45) is 0 Å². The minimum Gasteiger partial charge on any atom is -0.393 e. The minimum absolute atomic E-state index is 1.38. The molecule has 0 spiro atoms. The summed E-state index contributed by atoms with van der Waals surface area (Å²) in [7, 11) is 0. The number of halogens is 4. The van der Waals surface area contributed by atoms with Crippen LogP contribution in [0.15, 0.2) is 0 Å². The van der Waals surface area contributed by atoms with Gasteiger partial charge < -0.3 is 20.1 Å². The van der Waals surface area contributed by atoms with Gasteiger partial charge >= 0.3 is 11.8 Å². The van der Waals surface area contributed by atoms with E-state index in [1.807, 2.05) is 0 Å². The largest absolute Gasteiger partial charge is 0.393 e. The van der Waals surface area contributed by atoms with Crippen LogP contribution in [0.5, 0.6) is 0 Å². The van der Waals surface area contributed by atoms with Gasteiger partial charge in [-0.15, -0.1) is 0 Å². The molecule has 1 heterocycles. The van der Waals surface area contributed by atoms with Crippen LogP contribution in [0.2, 0.25) is 0 Å². The predicted octanol–water partition coefficient (Wildman–Crippen LogP) is -0.673. The summed E-state index contributed by atoms with van der Waals surface area (Å²) in [6, 6.07) is 0. The molecule has 0 bridgehead atoms. The Bertz CT molecular complexity index is 216. The average molecular weight is 220 g/mol. The van der Waals surface area contributed by atoms with E-state index in [2.05, 4.69) is 4.74 Å². The Morgan fingerprint density at radius 1 is 1.07 bits per heavy atom. The smallest absolute Gasteiger partial charge is 0.343 e. The number of hydrogen-bond donors (Lipinski definition) is 3. The van der Waals surface area contributed by atoms with Gasteiger partial charge in [-0.3, -0.25) is 0 Å². The molecule has 1 saturated heterocycles. The van der Waals surface area contributed by atoms with E-state index in [9.17, 15) is 17.6 Å². The lowest BCUT2D eigenvalue weighted by atomic mass is 9.97. The highest BCUT2D eigenvalue weighted by Crippen LogP contribution is 2.45. The van der Waals surface area contributed by atoms with Crippen molar-refractivity contribution in [1.29, 1.82) is 0 Å². The van der Waals surface area contributed by atoms with Crippen LogP contribution in [0.3, 0.4) is 0 Å². The second kappa shape index (κ2) is 3.30. The first-order chi connectivity index (χ1) is 6.25. The van der Waals surface area contributed by atoms with Crippen LogP contribution >= 0.6 is 0 Å². The van der Waals surface area contributed by atoms with E-state index in [-0.39, 0.29) is 0 Å². The molecule has 14 heavy (non-hydrogen) atoms. The Hall–Kier alpha value is -0.440. The molecule has 1 aliphatic heterocycles. The number of rotatable bonds is 1. The monoisotopic (exact) mass is 220 g/mol. The molecule has 1 fully saturated rings. The third kappa shape index (κ3) is 1.38. The van der Waals surface area contributed by atoms with Crippen LogP contribution in [0.25, 0.3) is 0 Å². The maximum absolute atomic E-state index is 12.8. The lowest BCUT2D eigenvalue weighted by Gasteiger charge is -2.41. The quantitative estimate of drug-likeness (QED) is 0.512. The van der Waals surface area contributed by atoms with Crippen LogP contribution < -0.4 is 0 Å². The normalized spacial score (nSPS) is 40.9. The Balaban J connectivity index is 3.01. The summed E-state index contributed by atoms with van der Waals surface area (Å²) in [5.74, 6) is -9.56. The maximum atomic E-state index is 12.8. The molecule has 0 amide bonds. The highest BCUT2D eigenvalue weighted by molar-refractivity contribution is 5.00. The van der Waals surface area contributed by atoms with Crippen molar-refractivity contribution < 1.29 is 37.6 Å². The van der Waals surface area contributed by atoms with Gasteiger partial charge in [0.05, 0.1) is 6.61 Å². The van der Waals surface area contributed by atoms with Gasteiger partial charge in [-0.25, -0.2) is 0 Å². The number of alkyl halides is 4. The van der Waals surface area contributed by atoms with Gasteiger partial charge in [0.15, 0.2) is 18.5 Å². The maximum Gasteiger partial charge on any atom is 0.343 e. The third-order valence-corrected chi connectivity index (χ3v) is 1.96. The average Bonchev–Trinajstić information content (AvgIpc) is 2.09. The van der Waals surface area contributed by atoms with Gasteiger partial charge in [0.1, 0.15) is 0 Å². The van der Waals surface area contributed by atoms with E-state index in [1.165, 1.54) is 0 Å². The molecule has 3 atom stereocenters. The zero-order valence-corrected chi connectivity index (χ0v) is 6.70. The highest BCUT2D eigenvalue weighted by atomic mass is 19.3. The molecule has 0 aromatic rings. The van der Waals surface area contributed by atoms with E-state index in [4.69, 9.17) is 15.3 Å². The van der Waals surface area contributed by atoms with E-state index in [0.717, 1.165) is 0 Å². The number of aliphatic hydroxyl groups excluding tert-OH is 3. The van der Waals surface area contributed by atoms with Crippen molar-refractivity contribution >= 4 is 0 Å². The fraction of sp³-hybridized carbons (Fsp3) is 1.00. The molecular formula is C6H8F4O4. The van der Waals surface area contributed by atoms with E-state index in [0.29, 0.717) is 0 Å². The second-order valence-corrected chi connectivity index (χ2v) is 2.89. The lowest BCUT2D eigenvalue weighted by molar-refractivity contribution is -0.387. The molecule has 0 radical (unpaired) electrons. The first-order valence-corrected chi connectivity index (χ1v) is 3.63. The van der Waals surface area contributed by atoms with Gasteiger partial charge in [0, 0.05) is 0 Å². The van der Waals surface area contributed by atoms with Gasteiger partial charge in [0.25, 0.3) is 0 Å². The van der Waals surface area contributed by atoms with Crippen molar-refractivity contribution in [2.75, 3.05) is 6.61 Å². The number of hydrogen-bond acceptors (Lipinski definition) is 4. The van der Waals surface area contributed by atoms with Crippen LogP contribution in [0, 0.1) is 0 Å². The van der Waals surface area contributed by atoms with Crippen LogP contribution in [-0.4, -0.2) is 52.3 Å². The molecule has 0 aromatic carbocycles. The van der Waals surface area contributed by atoms with Gasteiger partial charge in [-0.2, -0.15) is 17.6 Å². The first kappa shape index (κ1) is 11.6. The van der Waals surface area contributed by atoms with Crippen molar-refractivity contribution in [3.8, 4) is 0 Å². The Kier molecular flexibility index (Phi) is 2.74. The minimum atomic E-state index is -4.84. The fourth-order valence-electron chi connectivity index (χ4n) is 1.08. The summed E-state index contributed by atoms with van der Waals surface area (Å²) >= 11 is 0. The molecule has 84 valence electrons. The molecule has 8 heteroatoms. The lowest BCUT2D eigenvalue weighted by Crippen LogP contribution is -2.66. The zero-order valence-electron chi connectivity index (χ0n) is 6.70. The van der Waals surface area contributed by atoms with Gasteiger partial charge in [-0.05, 0) is 0 Å². The molecule has 0 saturated carbocycles. The van der Waals surface area contributed by atoms with Crippen LogP contribution in [0.4, 0.5) is 17.6 Å². The molecule has 1 rings (SSSR count). The van der Waals surface area contributed by atoms with E-state index < -0.39 is 36.9 Å². The van der Waals surface area contributed by atoms with Crippen molar-refractivity contribution in [1.82, 2.24) is 0 Å². The molecular weight excluding hydrogens is 212 g/mol. The number of ether oxygens (including phenoxy) is 1. The highest BCUT2D eigenvalue weighted by Gasteiger charge is 2.70. The molecule has 3 N–H and O–H groups in total. The molecule has 0 aromatic heterocycles. The number of aliphatic hydroxyl groups is 3. The Morgan fingerprint density at radius 2 is 1.57 bits per heavy atom. The first-order valence-electron chi connectivity index (χ1n) is 3.63. The molecule has 0 unspecified atom stereocenters. The van der Waals surface area contributed by atoms with Crippen molar-refractivity contribution in [3.05, 3.63) is 0 Å². The Labute approximate surface area is 75.7 Å². The summed E-state index contributed by atoms with van der Waals surface area (Å²) in [6.07, 6.45) is -7.99. The third-order valence-electron chi connectivity index (χ3n) is 1.96. The standard InChI is InChI=1S/C6H8F4O4/c7-5(8)2(1-11)14-4(13)3(12)6(5,9)10/h2-4,11-13H,1H2/t2-,3-,4-/m1/s1.